The Morgan fingerprint density at radius 2 is 1.76 bits per heavy atom. The van der Waals surface area contributed by atoms with Gasteiger partial charge in [-0.05, 0) is 42.5 Å². The number of benzene rings is 1. The molecule has 0 unspecified atom stereocenters. The van der Waals surface area contributed by atoms with Crippen LogP contribution >= 0.6 is 0 Å². The highest BCUT2D eigenvalue weighted by atomic mass is 16.5. The van der Waals surface area contributed by atoms with Gasteiger partial charge in [-0.25, -0.2) is 4.98 Å². The summed E-state index contributed by atoms with van der Waals surface area (Å²) in [5.74, 6) is -0.249. The van der Waals surface area contributed by atoms with Crippen molar-refractivity contribution in [3.8, 4) is 11.6 Å². The molecule has 2 aromatic rings. The third-order valence-electron chi connectivity index (χ3n) is 5.76. The summed E-state index contributed by atoms with van der Waals surface area (Å²) in [5, 5.41) is 2.72. The number of amides is 3. The van der Waals surface area contributed by atoms with Crippen LogP contribution in [0, 0.1) is 23.7 Å². The van der Waals surface area contributed by atoms with Crippen LogP contribution in [0.1, 0.15) is 6.42 Å². The van der Waals surface area contributed by atoms with E-state index in [0.29, 0.717) is 17.3 Å². The predicted molar refractivity (Wildman–Crippen MR) is 102 cm³/mol. The second-order valence-electron chi connectivity index (χ2n) is 7.48. The van der Waals surface area contributed by atoms with Gasteiger partial charge in [0.15, 0.2) is 0 Å². The SMILES string of the molecule is O=C(CN1C(=O)[C@@H]2[C@@H](C1=O)[C@H]1C=C[C@H]2C1)Nc1ccc(Oc2cnccn2)cc1. The van der Waals surface area contributed by atoms with Crippen LogP contribution in [0.15, 0.2) is 55.0 Å². The van der Waals surface area contributed by atoms with Crippen molar-refractivity contribution in [1.82, 2.24) is 14.9 Å². The van der Waals surface area contributed by atoms with E-state index in [4.69, 9.17) is 4.74 Å². The molecule has 1 aromatic carbocycles. The molecule has 2 fully saturated rings. The molecule has 29 heavy (non-hydrogen) atoms. The van der Waals surface area contributed by atoms with Crippen LogP contribution in [0.2, 0.25) is 0 Å². The van der Waals surface area contributed by atoms with E-state index < -0.39 is 5.91 Å². The van der Waals surface area contributed by atoms with Crippen LogP contribution in [-0.2, 0) is 14.4 Å². The number of hydrogen-bond acceptors (Lipinski definition) is 6. The fourth-order valence-electron chi connectivity index (χ4n) is 4.53. The summed E-state index contributed by atoms with van der Waals surface area (Å²) in [6.07, 6.45) is 9.51. The highest BCUT2D eigenvalue weighted by Gasteiger charge is 2.59. The lowest BCUT2D eigenvalue weighted by atomic mass is 9.85. The number of likely N-dealkylation sites (tertiary alicyclic amines) is 1. The van der Waals surface area contributed by atoms with Gasteiger partial charge in [0.05, 0.1) is 18.0 Å². The zero-order chi connectivity index (χ0) is 20.0. The molecule has 1 aliphatic heterocycles. The average molecular weight is 390 g/mol. The molecule has 2 bridgehead atoms. The second kappa shape index (κ2) is 6.80. The number of imide groups is 1. The molecule has 1 N–H and O–H groups in total. The van der Waals surface area contributed by atoms with Crippen molar-refractivity contribution in [3.05, 3.63) is 55.0 Å². The van der Waals surface area contributed by atoms with Crippen LogP contribution in [0.3, 0.4) is 0 Å². The minimum absolute atomic E-state index is 0.136. The maximum atomic E-state index is 12.7. The monoisotopic (exact) mass is 390 g/mol. The Labute approximate surface area is 166 Å². The molecule has 4 atom stereocenters. The number of ether oxygens (including phenoxy) is 1. The molecule has 1 aromatic heterocycles. The number of rotatable bonds is 5. The van der Waals surface area contributed by atoms with Gasteiger partial charge in [-0.2, -0.15) is 0 Å². The lowest BCUT2D eigenvalue weighted by Gasteiger charge is -2.16. The maximum absolute atomic E-state index is 12.7. The molecule has 0 radical (unpaired) electrons. The van der Waals surface area contributed by atoms with Crippen LogP contribution in [0.5, 0.6) is 11.6 Å². The average Bonchev–Trinajstić information content (AvgIpc) is 3.40. The van der Waals surface area contributed by atoms with Gasteiger partial charge < -0.3 is 10.1 Å². The van der Waals surface area contributed by atoms with Crippen LogP contribution in [0.4, 0.5) is 5.69 Å². The number of hydrogen-bond donors (Lipinski definition) is 1. The molecular formula is C21H18N4O4. The van der Waals surface area contributed by atoms with E-state index in [2.05, 4.69) is 15.3 Å². The van der Waals surface area contributed by atoms with E-state index in [1.807, 2.05) is 12.2 Å². The summed E-state index contributed by atoms with van der Waals surface area (Å²) < 4.78 is 5.55. The van der Waals surface area contributed by atoms with Gasteiger partial charge in [0, 0.05) is 18.1 Å². The van der Waals surface area contributed by atoms with Crippen molar-refractivity contribution < 1.29 is 19.1 Å². The summed E-state index contributed by atoms with van der Waals surface area (Å²) in [6, 6.07) is 6.72. The second-order valence-corrected chi connectivity index (χ2v) is 7.48. The zero-order valence-electron chi connectivity index (χ0n) is 15.4. The van der Waals surface area contributed by atoms with E-state index in [-0.39, 0.29) is 42.0 Å². The normalized spacial score (nSPS) is 26.7. The molecule has 0 spiro atoms. The first-order chi connectivity index (χ1) is 14.1. The number of anilines is 1. The Morgan fingerprint density at radius 3 is 2.38 bits per heavy atom. The Bertz CT molecular complexity index is 975. The fraction of sp³-hybridized carbons (Fsp3) is 0.286. The fourth-order valence-corrected chi connectivity index (χ4v) is 4.53. The molecule has 1 saturated carbocycles. The molecular weight excluding hydrogens is 372 g/mol. The summed E-state index contributed by atoms with van der Waals surface area (Å²) in [5.41, 5.74) is 0.544. The van der Waals surface area contributed by atoms with Crippen molar-refractivity contribution in [2.24, 2.45) is 23.7 Å². The minimum atomic E-state index is -0.408. The zero-order valence-corrected chi connectivity index (χ0v) is 15.4. The van der Waals surface area contributed by atoms with Crippen LogP contribution in [0.25, 0.3) is 0 Å². The Hall–Kier alpha value is -3.55. The van der Waals surface area contributed by atoms with E-state index in [0.717, 1.165) is 11.3 Å². The molecule has 5 rings (SSSR count). The number of aromatic nitrogens is 2. The lowest BCUT2D eigenvalue weighted by Crippen LogP contribution is -2.39. The first-order valence-electron chi connectivity index (χ1n) is 9.47. The number of carbonyl (C=O) groups is 3. The quantitative estimate of drug-likeness (QED) is 0.619. The molecule has 2 heterocycles. The minimum Gasteiger partial charge on any atom is -0.438 e. The number of nitrogens with one attached hydrogen (secondary N) is 1. The first-order valence-corrected chi connectivity index (χ1v) is 9.47. The highest BCUT2D eigenvalue weighted by molar-refractivity contribution is 6.09. The predicted octanol–water partition coefficient (Wildman–Crippen LogP) is 2.01. The Morgan fingerprint density at radius 1 is 1.07 bits per heavy atom. The number of allylic oxidation sites excluding steroid dienone is 2. The topological polar surface area (TPSA) is 101 Å². The summed E-state index contributed by atoms with van der Waals surface area (Å²) in [6.45, 7) is -0.262. The molecule has 146 valence electrons. The Kier molecular flexibility index (Phi) is 4.12. The van der Waals surface area contributed by atoms with E-state index in [1.165, 1.54) is 12.4 Å². The third kappa shape index (κ3) is 3.06. The van der Waals surface area contributed by atoms with Crippen molar-refractivity contribution >= 4 is 23.4 Å². The van der Waals surface area contributed by atoms with Gasteiger partial charge in [0.2, 0.25) is 23.6 Å². The first kappa shape index (κ1) is 17.5. The van der Waals surface area contributed by atoms with Crippen molar-refractivity contribution in [1.29, 1.82) is 0 Å². The lowest BCUT2D eigenvalue weighted by molar-refractivity contribution is -0.143. The van der Waals surface area contributed by atoms with Gasteiger partial charge in [0.25, 0.3) is 0 Å². The van der Waals surface area contributed by atoms with Crippen LogP contribution in [-0.4, -0.2) is 39.1 Å². The molecule has 3 amide bonds. The van der Waals surface area contributed by atoms with Gasteiger partial charge in [-0.3, -0.25) is 24.3 Å². The third-order valence-corrected chi connectivity index (χ3v) is 5.76. The molecule has 1 saturated heterocycles. The highest BCUT2D eigenvalue weighted by Crippen LogP contribution is 2.52. The number of nitrogens with zero attached hydrogens (tertiary/aromatic N) is 3. The van der Waals surface area contributed by atoms with Gasteiger partial charge in [-0.15, -0.1) is 0 Å². The van der Waals surface area contributed by atoms with Crippen molar-refractivity contribution in [3.63, 3.8) is 0 Å². The molecule has 8 nitrogen and oxygen atoms in total. The van der Waals surface area contributed by atoms with Gasteiger partial charge >= 0.3 is 0 Å². The maximum Gasteiger partial charge on any atom is 0.244 e. The number of fused-ring (bicyclic) bond motifs is 5. The van der Waals surface area contributed by atoms with E-state index in [1.54, 1.807) is 30.5 Å². The largest absolute Gasteiger partial charge is 0.438 e. The Balaban J connectivity index is 1.20. The number of carbonyl (C=O) groups excluding carboxylic acids is 3. The molecule has 8 heteroatoms. The van der Waals surface area contributed by atoms with Crippen molar-refractivity contribution in [2.45, 2.75) is 6.42 Å². The summed E-state index contributed by atoms with van der Waals surface area (Å²) in [4.78, 5) is 46.8. The molecule has 3 aliphatic rings. The van der Waals surface area contributed by atoms with E-state index in [9.17, 15) is 14.4 Å². The smallest absolute Gasteiger partial charge is 0.244 e. The standard InChI is InChI=1S/C21H18N4O4/c26-16(11-25-20(27)18-12-1-2-13(9-12)19(18)21(25)28)24-14-3-5-15(6-4-14)29-17-10-22-7-8-23-17/h1-8,10,12-13,18-19H,9,11H2,(H,24,26)/t12-,13-,18-,19-/m0/s1. The van der Waals surface area contributed by atoms with Crippen LogP contribution < -0.4 is 10.1 Å². The molecule has 2 aliphatic carbocycles. The van der Waals surface area contributed by atoms with Crippen molar-refractivity contribution in [2.75, 3.05) is 11.9 Å². The summed E-state index contributed by atoms with van der Waals surface area (Å²) in [7, 11) is 0. The van der Waals surface area contributed by atoms with Gasteiger partial charge in [-0.1, -0.05) is 12.2 Å². The van der Waals surface area contributed by atoms with Gasteiger partial charge in [0.1, 0.15) is 12.3 Å². The van der Waals surface area contributed by atoms with E-state index >= 15 is 0 Å². The summed E-state index contributed by atoms with van der Waals surface area (Å²) >= 11 is 0.